The number of hydrazine groups is 1. The van der Waals surface area contributed by atoms with Gasteiger partial charge in [0.05, 0.1) is 0 Å². The first kappa shape index (κ1) is 11.7. The minimum atomic E-state index is 0.243. The Hall–Kier alpha value is -0.340. The van der Waals surface area contributed by atoms with E-state index >= 15 is 0 Å². The molecule has 0 aromatic carbocycles. The molecule has 1 aliphatic carbocycles. The Balaban J connectivity index is 2.51. The number of rotatable bonds is 3. The van der Waals surface area contributed by atoms with Gasteiger partial charge in [0.1, 0.15) is 0 Å². The zero-order valence-corrected chi connectivity index (χ0v) is 9.77. The van der Waals surface area contributed by atoms with Gasteiger partial charge >= 0.3 is 0 Å². The standard InChI is InChI=1S/C12H24N2/c1-12(2,3)11(14-13)9-10-7-5-4-6-8-10/h7,11,14H,4-6,8-9,13H2,1-3H3. The average Bonchev–Trinajstić information content (AvgIpc) is 2.14. The van der Waals surface area contributed by atoms with Gasteiger partial charge in [-0.05, 0) is 37.5 Å². The van der Waals surface area contributed by atoms with E-state index in [2.05, 4.69) is 32.3 Å². The topological polar surface area (TPSA) is 38.0 Å². The molecule has 0 fully saturated rings. The molecule has 2 heteroatoms. The van der Waals surface area contributed by atoms with E-state index in [1.807, 2.05) is 0 Å². The van der Waals surface area contributed by atoms with E-state index in [0.717, 1.165) is 6.42 Å². The second-order valence-corrected chi connectivity index (χ2v) is 5.40. The van der Waals surface area contributed by atoms with Crippen molar-refractivity contribution in [3.8, 4) is 0 Å². The maximum absolute atomic E-state index is 5.60. The Kier molecular flexibility index (Phi) is 4.14. The first-order valence-electron chi connectivity index (χ1n) is 5.68. The minimum Gasteiger partial charge on any atom is -0.271 e. The van der Waals surface area contributed by atoms with Crippen molar-refractivity contribution in [2.75, 3.05) is 0 Å². The van der Waals surface area contributed by atoms with Gasteiger partial charge in [-0.1, -0.05) is 32.4 Å². The number of nitrogens with one attached hydrogen (secondary N) is 1. The zero-order chi connectivity index (χ0) is 10.6. The molecule has 1 aliphatic rings. The van der Waals surface area contributed by atoms with Gasteiger partial charge in [-0.2, -0.15) is 0 Å². The lowest BCUT2D eigenvalue weighted by Gasteiger charge is -2.31. The smallest absolute Gasteiger partial charge is 0.0296 e. The molecule has 0 aromatic heterocycles. The van der Waals surface area contributed by atoms with E-state index in [-0.39, 0.29) is 5.41 Å². The molecule has 0 aliphatic heterocycles. The van der Waals surface area contributed by atoms with Crippen molar-refractivity contribution in [2.24, 2.45) is 11.3 Å². The molecule has 0 saturated carbocycles. The van der Waals surface area contributed by atoms with Gasteiger partial charge in [-0.25, -0.2) is 0 Å². The van der Waals surface area contributed by atoms with E-state index in [1.165, 1.54) is 25.7 Å². The average molecular weight is 196 g/mol. The van der Waals surface area contributed by atoms with Gasteiger partial charge in [0, 0.05) is 6.04 Å². The molecule has 1 atom stereocenters. The molecular weight excluding hydrogens is 172 g/mol. The van der Waals surface area contributed by atoms with Crippen molar-refractivity contribution >= 4 is 0 Å². The number of hydrogen-bond donors (Lipinski definition) is 2. The first-order chi connectivity index (χ1) is 6.54. The monoisotopic (exact) mass is 196 g/mol. The second-order valence-electron chi connectivity index (χ2n) is 5.40. The van der Waals surface area contributed by atoms with Gasteiger partial charge in [0.2, 0.25) is 0 Å². The molecule has 82 valence electrons. The summed E-state index contributed by atoms with van der Waals surface area (Å²) in [5.41, 5.74) is 4.78. The van der Waals surface area contributed by atoms with Crippen molar-refractivity contribution in [3.63, 3.8) is 0 Å². The van der Waals surface area contributed by atoms with Crippen LogP contribution in [0.4, 0.5) is 0 Å². The van der Waals surface area contributed by atoms with Crippen molar-refractivity contribution in [1.29, 1.82) is 0 Å². The van der Waals surface area contributed by atoms with Gasteiger partial charge in [-0.3, -0.25) is 11.3 Å². The van der Waals surface area contributed by atoms with E-state index in [0.29, 0.717) is 6.04 Å². The van der Waals surface area contributed by atoms with Crippen LogP contribution in [0.1, 0.15) is 52.9 Å². The molecule has 0 saturated heterocycles. The van der Waals surface area contributed by atoms with Crippen LogP contribution >= 0.6 is 0 Å². The molecular formula is C12H24N2. The summed E-state index contributed by atoms with van der Waals surface area (Å²) in [5, 5.41) is 0. The summed E-state index contributed by atoms with van der Waals surface area (Å²) in [5.74, 6) is 5.60. The third kappa shape index (κ3) is 3.43. The lowest BCUT2D eigenvalue weighted by atomic mass is 9.81. The van der Waals surface area contributed by atoms with Crippen LogP contribution in [0.2, 0.25) is 0 Å². The Morgan fingerprint density at radius 1 is 1.43 bits per heavy atom. The Morgan fingerprint density at radius 2 is 2.14 bits per heavy atom. The fourth-order valence-electron chi connectivity index (χ4n) is 1.97. The fraction of sp³-hybridized carbons (Fsp3) is 0.833. The Morgan fingerprint density at radius 3 is 2.57 bits per heavy atom. The normalized spacial score (nSPS) is 20.4. The highest BCUT2D eigenvalue weighted by molar-refractivity contribution is 5.08. The molecule has 2 nitrogen and oxygen atoms in total. The highest BCUT2D eigenvalue weighted by Crippen LogP contribution is 2.28. The van der Waals surface area contributed by atoms with E-state index < -0.39 is 0 Å². The fourth-order valence-corrected chi connectivity index (χ4v) is 1.97. The number of hydrogen-bond acceptors (Lipinski definition) is 2. The van der Waals surface area contributed by atoms with E-state index in [1.54, 1.807) is 5.57 Å². The van der Waals surface area contributed by atoms with Gasteiger partial charge in [0.15, 0.2) is 0 Å². The van der Waals surface area contributed by atoms with E-state index in [4.69, 9.17) is 5.84 Å². The Labute approximate surface area is 87.9 Å². The molecule has 14 heavy (non-hydrogen) atoms. The third-order valence-corrected chi connectivity index (χ3v) is 3.10. The SMILES string of the molecule is CC(C)(C)C(CC1=CCCCC1)NN. The van der Waals surface area contributed by atoms with Crippen LogP contribution in [-0.2, 0) is 0 Å². The predicted molar refractivity (Wildman–Crippen MR) is 61.7 cm³/mol. The van der Waals surface area contributed by atoms with Crippen LogP contribution in [-0.4, -0.2) is 6.04 Å². The summed E-state index contributed by atoms with van der Waals surface area (Å²) < 4.78 is 0. The largest absolute Gasteiger partial charge is 0.271 e. The highest BCUT2D eigenvalue weighted by Gasteiger charge is 2.24. The van der Waals surface area contributed by atoms with Crippen LogP contribution in [0, 0.1) is 5.41 Å². The summed E-state index contributed by atoms with van der Waals surface area (Å²) in [6, 6.07) is 0.395. The van der Waals surface area contributed by atoms with Crippen molar-refractivity contribution in [1.82, 2.24) is 5.43 Å². The maximum Gasteiger partial charge on any atom is 0.0296 e. The summed E-state index contributed by atoms with van der Waals surface area (Å²) >= 11 is 0. The van der Waals surface area contributed by atoms with Crippen LogP contribution in [0.5, 0.6) is 0 Å². The summed E-state index contributed by atoms with van der Waals surface area (Å²) in [6.45, 7) is 6.71. The quantitative estimate of drug-likeness (QED) is 0.414. The lowest BCUT2D eigenvalue weighted by Crippen LogP contribution is -2.44. The summed E-state index contributed by atoms with van der Waals surface area (Å²) in [6.07, 6.45) is 8.76. The summed E-state index contributed by atoms with van der Waals surface area (Å²) in [4.78, 5) is 0. The van der Waals surface area contributed by atoms with Gasteiger partial charge < -0.3 is 0 Å². The third-order valence-electron chi connectivity index (χ3n) is 3.10. The van der Waals surface area contributed by atoms with Crippen LogP contribution in [0.25, 0.3) is 0 Å². The molecule has 1 rings (SSSR count). The lowest BCUT2D eigenvalue weighted by molar-refractivity contribution is 0.266. The molecule has 1 unspecified atom stereocenters. The minimum absolute atomic E-state index is 0.243. The van der Waals surface area contributed by atoms with E-state index in [9.17, 15) is 0 Å². The van der Waals surface area contributed by atoms with Crippen molar-refractivity contribution in [3.05, 3.63) is 11.6 Å². The van der Waals surface area contributed by atoms with Crippen LogP contribution in [0.15, 0.2) is 11.6 Å². The molecule has 0 aromatic rings. The van der Waals surface area contributed by atoms with Crippen molar-refractivity contribution in [2.45, 2.75) is 58.9 Å². The molecule has 0 radical (unpaired) electrons. The predicted octanol–water partition coefficient (Wildman–Crippen LogP) is 2.75. The van der Waals surface area contributed by atoms with Gasteiger partial charge in [-0.15, -0.1) is 0 Å². The maximum atomic E-state index is 5.60. The molecule has 0 spiro atoms. The highest BCUT2D eigenvalue weighted by atomic mass is 15.2. The van der Waals surface area contributed by atoms with Crippen LogP contribution < -0.4 is 11.3 Å². The molecule has 0 amide bonds. The van der Waals surface area contributed by atoms with Crippen molar-refractivity contribution < 1.29 is 0 Å². The molecule has 3 N–H and O–H groups in total. The zero-order valence-electron chi connectivity index (χ0n) is 9.77. The number of allylic oxidation sites excluding steroid dienone is 1. The molecule has 0 bridgehead atoms. The van der Waals surface area contributed by atoms with Crippen LogP contribution in [0.3, 0.4) is 0 Å². The first-order valence-corrected chi connectivity index (χ1v) is 5.68. The molecule has 0 heterocycles. The Bertz CT molecular complexity index is 201. The summed E-state index contributed by atoms with van der Waals surface area (Å²) in [7, 11) is 0. The second kappa shape index (κ2) is 4.94. The number of nitrogens with two attached hydrogens (primary N) is 1. The van der Waals surface area contributed by atoms with Gasteiger partial charge in [0.25, 0.3) is 0 Å².